The zero-order valence-electron chi connectivity index (χ0n) is 9.50. The number of benzene rings is 1. The maximum atomic E-state index is 12.3. The molecule has 0 unspecified atom stereocenters. The Morgan fingerprint density at radius 2 is 2.05 bits per heavy atom. The van der Waals surface area contributed by atoms with Crippen molar-refractivity contribution in [1.82, 2.24) is 0 Å². The molecule has 1 aromatic carbocycles. The van der Waals surface area contributed by atoms with E-state index in [1.165, 1.54) is 23.5 Å². The summed E-state index contributed by atoms with van der Waals surface area (Å²) in [6.07, 6.45) is -4.71. The number of alkyl halides is 3. The third-order valence-electron chi connectivity index (χ3n) is 2.23. The van der Waals surface area contributed by atoms with Crippen molar-refractivity contribution >= 4 is 33.0 Å². The van der Waals surface area contributed by atoms with Gasteiger partial charge in [0.15, 0.2) is 5.75 Å². The summed E-state index contributed by atoms with van der Waals surface area (Å²) in [5.41, 5.74) is 1.30. The molecule has 0 fully saturated rings. The quantitative estimate of drug-likeness (QED) is 0.834. The van der Waals surface area contributed by atoms with Gasteiger partial charge in [-0.2, -0.15) is 11.3 Å². The molecular weight excluding hydrogens is 343 g/mol. The summed E-state index contributed by atoms with van der Waals surface area (Å²) in [6.45, 7) is 0.444. The number of anilines is 1. The fraction of sp³-hybridized carbons (Fsp3) is 0.167. The molecule has 2 rings (SSSR count). The Morgan fingerprint density at radius 1 is 1.26 bits per heavy atom. The molecule has 0 aliphatic heterocycles. The summed E-state index contributed by atoms with van der Waals surface area (Å²) in [5, 5.41) is 6.76. The number of thiophene rings is 1. The summed E-state index contributed by atoms with van der Waals surface area (Å²) in [4.78, 5) is 0. The summed E-state index contributed by atoms with van der Waals surface area (Å²) < 4.78 is 41.4. The van der Waals surface area contributed by atoms with Crippen LogP contribution in [0.25, 0.3) is 0 Å². The second-order valence-corrected chi connectivity index (χ2v) is 5.37. The average molecular weight is 352 g/mol. The first kappa shape index (κ1) is 14.2. The molecule has 0 aliphatic rings. The van der Waals surface area contributed by atoms with Crippen LogP contribution >= 0.6 is 27.3 Å². The highest BCUT2D eigenvalue weighted by molar-refractivity contribution is 9.10. The molecule has 0 saturated heterocycles. The van der Waals surface area contributed by atoms with Gasteiger partial charge in [0.05, 0.1) is 5.69 Å². The maximum Gasteiger partial charge on any atom is 0.573 e. The van der Waals surface area contributed by atoms with Crippen LogP contribution in [0.2, 0.25) is 0 Å². The molecule has 2 nitrogen and oxygen atoms in total. The molecule has 1 N–H and O–H groups in total. The van der Waals surface area contributed by atoms with Crippen LogP contribution in [0.1, 0.15) is 5.56 Å². The minimum Gasteiger partial charge on any atom is -0.404 e. The number of hydrogen-bond donors (Lipinski definition) is 1. The lowest BCUT2D eigenvalue weighted by molar-refractivity contribution is -0.274. The van der Waals surface area contributed by atoms with E-state index in [0.29, 0.717) is 16.7 Å². The van der Waals surface area contributed by atoms with E-state index in [1.54, 1.807) is 6.07 Å². The SMILES string of the molecule is FC(F)(F)Oc1cc(Br)ccc1NCc1ccsc1. The minimum atomic E-state index is -4.71. The first-order chi connectivity index (χ1) is 8.94. The van der Waals surface area contributed by atoms with Gasteiger partial charge in [0.1, 0.15) is 0 Å². The topological polar surface area (TPSA) is 21.3 Å². The van der Waals surface area contributed by atoms with Gasteiger partial charge >= 0.3 is 6.36 Å². The smallest absolute Gasteiger partial charge is 0.404 e. The van der Waals surface area contributed by atoms with Crippen LogP contribution in [0.3, 0.4) is 0 Å². The predicted molar refractivity (Wildman–Crippen MR) is 72.5 cm³/mol. The van der Waals surface area contributed by atoms with E-state index in [0.717, 1.165) is 5.56 Å². The van der Waals surface area contributed by atoms with Crippen LogP contribution in [0.5, 0.6) is 5.75 Å². The third kappa shape index (κ3) is 4.43. The number of halogens is 4. The Bertz CT molecular complexity index is 542. The van der Waals surface area contributed by atoms with Crippen LogP contribution in [0.15, 0.2) is 39.5 Å². The van der Waals surface area contributed by atoms with E-state index in [4.69, 9.17) is 0 Å². The van der Waals surface area contributed by atoms with Crippen molar-refractivity contribution in [2.75, 3.05) is 5.32 Å². The maximum absolute atomic E-state index is 12.3. The fourth-order valence-electron chi connectivity index (χ4n) is 1.44. The van der Waals surface area contributed by atoms with Crippen molar-refractivity contribution in [2.45, 2.75) is 12.9 Å². The molecule has 7 heteroatoms. The van der Waals surface area contributed by atoms with Crippen molar-refractivity contribution in [3.63, 3.8) is 0 Å². The molecule has 0 radical (unpaired) electrons. The molecule has 0 atom stereocenters. The molecule has 102 valence electrons. The van der Waals surface area contributed by atoms with Gasteiger partial charge < -0.3 is 10.1 Å². The summed E-state index contributed by atoms with van der Waals surface area (Å²) in [7, 11) is 0. The van der Waals surface area contributed by atoms with Gasteiger partial charge in [-0.1, -0.05) is 15.9 Å². The summed E-state index contributed by atoms with van der Waals surface area (Å²) in [6, 6.07) is 6.38. The monoisotopic (exact) mass is 351 g/mol. The van der Waals surface area contributed by atoms with Crippen LogP contribution < -0.4 is 10.1 Å². The molecule has 0 spiro atoms. The van der Waals surface area contributed by atoms with E-state index in [9.17, 15) is 13.2 Å². The highest BCUT2D eigenvalue weighted by Crippen LogP contribution is 2.33. The van der Waals surface area contributed by atoms with E-state index < -0.39 is 6.36 Å². The van der Waals surface area contributed by atoms with Crippen LogP contribution in [-0.4, -0.2) is 6.36 Å². The van der Waals surface area contributed by atoms with Crippen molar-refractivity contribution in [3.05, 3.63) is 45.1 Å². The second kappa shape index (κ2) is 5.83. The van der Waals surface area contributed by atoms with Crippen LogP contribution in [0.4, 0.5) is 18.9 Å². The van der Waals surface area contributed by atoms with E-state index in [2.05, 4.69) is 26.0 Å². The second-order valence-electron chi connectivity index (χ2n) is 3.67. The zero-order chi connectivity index (χ0) is 13.9. The fourth-order valence-corrected chi connectivity index (χ4v) is 2.45. The lowest BCUT2D eigenvalue weighted by Crippen LogP contribution is -2.18. The van der Waals surface area contributed by atoms with E-state index in [1.807, 2.05) is 16.8 Å². The molecule has 0 aliphatic carbocycles. The lowest BCUT2D eigenvalue weighted by Gasteiger charge is -2.14. The van der Waals surface area contributed by atoms with Crippen LogP contribution in [-0.2, 0) is 6.54 Å². The van der Waals surface area contributed by atoms with Crippen LogP contribution in [0, 0.1) is 0 Å². The third-order valence-corrected chi connectivity index (χ3v) is 3.46. The van der Waals surface area contributed by atoms with E-state index in [-0.39, 0.29) is 5.75 Å². The Morgan fingerprint density at radius 3 is 2.68 bits per heavy atom. The predicted octanol–water partition coefficient (Wildman–Crippen LogP) is 5.02. The molecular formula is C12H9BrF3NOS. The lowest BCUT2D eigenvalue weighted by atomic mass is 10.2. The van der Waals surface area contributed by atoms with Crippen molar-refractivity contribution in [1.29, 1.82) is 0 Å². The highest BCUT2D eigenvalue weighted by atomic mass is 79.9. The largest absolute Gasteiger partial charge is 0.573 e. The number of rotatable bonds is 4. The normalized spacial score (nSPS) is 11.4. The van der Waals surface area contributed by atoms with Crippen molar-refractivity contribution in [2.24, 2.45) is 0 Å². The van der Waals surface area contributed by atoms with Crippen molar-refractivity contribution < 1.29 is 17.9 Å². The first-order valence-corrected chi connectivity index (χ1v) is 6.98. The van der Waals surface area contributed by atoms with Gasteiger partial charge in [-0.3, -0.25) is 0 Å². The van der Waals surface area contributed by atoms with Crippen molar-refractivity contribution in [3.8, 4) is 5.75 Å². The summed E-state index contributed by atoms with van der Waals surface area (Å²) >= 11 is 4.65. The Hall–Kier alpha value is -1.21. The Balaban J connectivity index is 2.14. The zero-order valence-corrected chi connectivity index (χ0v) is 11.9. The minimum absolute atomic E-state index is 0.253. The van der Waals surface area contributed by atoms with Gasteiger partial charge in [0, 0.05) is 11.0 Å². The van der Waals surface area contributed by atoms with Gasteiger partial charge in [-0.05, 0) is 40.6 Å². The van der Waals surface area contributed by atoms with Gasteiger partial charge in [-0.25, -0.2) is 0 Å². The molecule has 0 bridgehead atoms. The highest BCUT2D eigenvalue weighted by Gasteiger charge is 2.32. The molecule has 0 saturated carbocycles. The van der Waals surface area contributed by atoms with Gasteiger partial charge in [0.25, 0.3) is 0 Å². The molecule has 1 heterocycles. The average Bonchev–Trinajstić information content (AvgIpc) is 2.78. The Labute approximate surface area is 120 Å². The van der Waals surface area contributed by atoms with E-state index >= 15 is 0 Å². The summed E-state index contributed by atoms with van der Waals surface area (Å²) in [5.74, 6) is -0.253. The first-order valence-electron chi connectivity index (χ1n) is 5.24. The molecule has 19 heavy (non-hydrogen) atoms. The number of nitrogens with one attached hydrogen (secondary N) is 1. The van der Waals surface area contributed by atoms with Gasteiger partial charge in [0.2, 0.25) is 0 Å². The Kier molecular flexibility index (Phi) is 4.36. The standard InChI is InChI=1S/C12H9BrF3NOS/c13-9-1-2-10(11(5-9)18-12(14,15)16)17-6-8-3-4-19-7-8/h1-5,7,17H,6H2. The molecule has 0 amide bonds. The molecule has 1 aromatic heterocycles. The molecule has 2 aromatic rings. The number of ether oxygens (including phenoxy) is 1. The van der Waals surface area contributed by atoms with Gasteiger partial charge in [-0.15, -0.1) is 13.2 Å². The number of hydrogen-bond acceptors (Lipinski definition) is 3.